The molecule has 2 amide bonds. The summed E-state index contributed by atoms with van der Waals surface area (Å²) in [6.07, 6.45) is -0.775. The summed E-state index contributed by atoms with van der Waals surface area (Å²) in [4.78, 5) is 47.1. The number of imide groups is 1. The Morgan fingerprint density at radius 2 is 2.00 bits per heavy atom. The molecule has 1 aliphatic rings. The number of carbonyl (C=O) groups is 3. The first-order chi connectivity index (χ1) is 19.1. The number of hydrogen-bond acceptors (Lipinski definition) is 7. The summed E-state index contributed by atoms with van der Waals surface area (Å²) >= 11 is 6.42. The van der Waals surface area contributed by atoms with Gasteiger partial charge in [-0.15, -0.1) is 0 Å². The summed E-state index contributed by atoms with van der Waals surface area (Å²) in [6.45, 7) is 0. The molecule has 5 rings (SSSR count). The zero-order valence-corrected chi connectivity index (χ0v) is 22.2. The third-order valence-corrected chi connectivity index (χ3v) is 7.58. The van der Waals surface area contributed by atoms with Crippen LogP contribution < -0.4 is 0 Å². The number of nitrogens with one attached hydrogen (secondary N) is 2. The van der Waals surface area contributed by atoms with Crippen LogP contribution in [0.2, 0.25) is 5.02 Å². The van der Waals surface area contributed by atoms with Gasteiger partial charge in [0.25, 0.3) is 11.1 Å². The van der Waals surface area contributed by atoms with Crippen molar-refractivity contribution in [3.63, 3.8) is 0 Å². The minimum atomic E-state index is -4.72. The van der Waals surface area contributed by atoms with Crippen LogP contribution in [0.5, 0.6) is 0 Å². The molecule has 1 unspecified atom stereocenters. The molecule has 0 bridgehead atoms. The average molecular weight is 590 g/mol. The molecule has 40 heavy (non-hydrogen) atoms. The van der Waals surface area contributed by atoms with Crippen LogP contribution in [-0.4, -0.2) is 55.3 Å². The summed E-state index contributed by atoms with van der Waals surface area (Å²) in [5, 5.41) is 6.54. The number of amides is 2. The van der Waals surface area contributed by atoms with E-state index in [-0.39, 0.29) is 33.9 Å². The molecule has 14 heteroatoms. The second kappa shape index (κ2) is 10.8. The van der Waals surface area contributed by atoms with Gasteiger partial charge in [0.2, 0.25) is 0 Å². The van der Waals surface area contributed by atoms with Crippen LogP contribution in [0.15, 0.2) is 60.0 Å². The van der Waals surface area contributed by atoms with E-state index in [9.17, 15) is 27.6 Å². The van der Waals surface area contributed by atoms with Crippen LogP contribution in [0.1, 0.15) is 22.4 Å². The van der Waals surface area contributed by atoms with Crippen LogP contribution in [-0.2, 0) is 33.3 Å². The van der Waals surface area contributed by atoms with E-state index in [1.807, 2.05) is 0 Å². The normalized spacial score (nSPS) is 16.1. The van der Waals surface area contributed by atoms with Crippen molar-refractivity contribution in [3.05, 3.63) is 87.4 Å². The lowest BCUT2D eigenvalue weighted by Gasteiger charge is -2.22. The second-order valence-electron chi connectivity index (χ2n) is 8.80. The van der Waals surface area contributed by atoms with Gasteiger partial charge in [-0.25, -0.2) is 9.78 Å². The van der Waals surface area contributed by atoms with Gasteiger partial charge in [0, 0.05) is 23.0 Å². The number of alkyl halides is 3. The minimum Gasteiger partial charge on any atom is -0.467 e. The molecule has 1 saturated heterocycles. The van der Waals surface area contributed by atoms with Crippen molar-refractivity contribution in [1.29, 1.82) is 0 Å². The predicted molar refractivity (Wildman–Crippen MR) is 141 cm³/mol. The van der Waals surface area contributed by atoms with Gasteiger partial charge >= 0.3 is 12.1 Å². The first-order valence-corrected chi connectivity index (χ1v) is 12.9. The third kappa shape index (κ3) is 5.34. The number of methoxy groups -OCH3 is 1. The first kappa shape index (κ1) is 27.5. The zero-order valence-electron chi connectivity index (χ0n) is 20.6. The Morgan fingerprint density at radius 3 is 2.70 bits per heavy atom. The number of esters is 1. The van der Waals surface area contributed by atoms with Gasteiger partial charge in [-0.2, -0.15) is 18.3 Å². The third-order valence-electron chi connectivity index (χ3n) is 6.35. The van der Waals surface area contributed by atoms with Crippen molar-refractivity contribution in [2.75, 3.05) is 7.11 Å². The fraction of sp³-hybridized carbons (Fsp3) is 0.192. The number of allylic oxidation sites excluding steroid dienone is 1. The number of rotatable bonds is 7. The average Bonchev–Trinajstić information content (AvgIpc) is 3.66. The minimum absolute atomic E-state index is 0.1000. The molecule has 9 nitrogen and oxygen atoms in total. The highest BCUT2D eigenvalue weighted by Gasteiger charge is 2.45. The fourth-order valence-corrected chi connectivity index (χ4v) is 5.60. The number of imidazole rings is 1. The molecule has 3 heterocycles. The molecule has 1 fully saturated rings. The lowest BCUT2D eigenvalue weighted by Crippen LogP contribution is -2.46. The van der Waals surface area contributed by atoms with Crippen LogP contribution in [0.25, 0.3) is 16.5 Å². The molecule has 2 N–H and O–H groups in total. The highest BCUT2D eigenvalue weighted by Crippen LogP contribution is 2.42. The molecule has 0 aliphatic carbocycles. The summed E-state index contributed by atoms with van der Waals surface area (Å²) in [6, 6.07) is 6.99. The number of halogens is 4. The number of aromatic nitrogens is 4. The largest absolute Gasteiger partial charge is 0.467 e. The maximum Gasteiger partial charge on any atom is 0.416 e. The summed E-state index contributed by atoms with van der Waals surface area (Å²) in [5.41, 5.74) is 0.539. The zero-order chi connectivity index (χ0) is 28.6. The van der Waals surface area contributed by atoms with E-state index in [0.29, 0.717) is 33.9 Å². The number of fused-ring (bicyclic) bond motifs is 1. The quantitative estimate of drug-likeness (QED) is 0.219. The van der Waals surface area contributed by atoms with Gasteiger partial charge in [-0.05, 0) is 59.1 Å². The van der Waals surface area contributed by atoms with Crippen molar-refractivity contribution in [2.45, 2.75) is 25.1 Å². The molecule has 1 atom stereocenters. The van der Waals surface area contributed by atoms with E-state index in [1.54, 1.807) is 18.2 Å². The van der Waals surface area contributed by atoms with E-state index < -0.39 is 34.9 Å². The summed E-state index contributed by atoms with van der Waals surface area (Å²) < 4.78 is 46.7. The van der Waals surface area contributed by atoms with Crippen molar-refractivity contribution in [2.24, 2.45) is 0 Å². The lowest BCUT2D eigenvalue weighted by molar-refractivity contribution is -0.148. The maximum atomic E-state index is 14.0. The topological polar surface area (TPSA) is 121 Å². The molecular formula is C26H19ClF3N5O4S. The van der Waals surface area contributed by atoms with E-state index >= 15 is 0 Å². The van der Waals surface area contributed by atoms with Gasteiger partial charge in [-0.3, -0.25) is 19.6 Å². The van der Waals surface area contributed by atoms with Crippen LogP contribution >= 0.6 is 23.4 Å². The number of aromatic amines is 2. The number of ether oxygens (including phenoxy) is 1. The van der Waals surface area contributed by atoms with Gasteiger partial charge in [0.1, 0.15) is 6.04 Å². The standard InChI is InChI=1S/C26H19ClF3N5O4S/c1-39-24(37)21(9-17-11-31-12-32-17)35-23(36)22(40-25(35)38)18(13-3-5-20-15(6-13)10-33-34-20)7-14-2-4-16(27)8-19(14)26(28,29)30/h2-6,8,10-12,21H,7,9H2,1H3,(H,31,32)(H,33,34)/b22-18-. The molecule has 4 aromatic rings. The van der Waals surface area contributed by atoms with Gasteiger partial charge in [0.05, 0.1) is 41.3 Å². The second-order valence-corrected chi connectivity index (χ2v) is 10.2. The van der Waals surface area contributed by atoms with Crippen molar-refractivity contribution < 1.29 is 32.3 Å². The Kier molecular flexibility index (Phi) is 7.43. The maximum absolute atomic E-state index is 14.0. The predicted octanol–water partition coefficient (Wildman–Crippen LogP) is 5.39. The number of hydrogen-bond donors (Lipinski definition) is 2. The van der Waals surface area contributed by atoms with Crippen LogP contribution in [0.3, 0.4) is 0 Å². The Labute approximate surface area is 233 Å². The molecule has 0 radical (unpaired) electrons. The number of benzene rings is 2. The van der Waals surface area contributed by atoms with Crippen molar-refractivity contribution in [3.8, 4) is 0 Å². The lowest BCUT2D eigenvalue weighted by atomic mass is 9.93. The van der Waals surface area contributed by atoms with Gasteiger partial charge in [0.15, 0.2) is 0 Å². The molecule has 0 spiro atoms. The Morgan fingerprint density at radius 1 is 1.20 bits per heavy atom. The molecule has 1 aliphatic heterocycles. The van der Waals surface area contributed by atoms with Gasteiger partial charge < -0.3 is 9.72 Å². The van der Waals surface area contributed by atoms with Gasteiger partial charge in [-0.1, -0.05) is 23.7 Å². The van der Waals surface area contributed by atoms with E-state index in [0.717, 1.165) is 18.1 Å². The molecule has 2 aromatic carbocycles. The highest BCUT2D eigenvalue weighted by molar-refractivity contribution is 8.18. The Balaban J connectivity index is 1.64. The fourth-order valence-electron chi connectivity index (χ4n) is 4.45. The van der Waals surface area contributed by atoms with Crippen molar-refractivity contribution >= 4 is 57.0 Å². The number of carbonyl (C=O) groups excluding carboxylic acids is 3. The Bertz CT molecular complexity index is 1650. The van der Waals surface area contributed by atoms with E-state index in [1.165, 1.54) is 30.9 Å². The SMILES string of the molecule is COC(=O)C(Cc1c[nH]cn1)N1C(=O)S/C(=C(/Cc2ccc(Cl)cc2C(F)(F)F)c2ccc3[nH]ncc3c2)C1=O. The Hall–Kier alpha value is -4.10. The first-order valence-electron chi connectivity index (χ1n) is 11.7. The molecule has 206 valence electrons. The summed E-state index contributed by atoms with van der Waals surface area (Å²) in [7, 11) is 1.12. The number of H-pyrrole nitrogens is 2. The summed E-state index contributed by atoms with van der Waals surface area (Å²) in [5.74, 6) is -1.67. The monoisotopic (exact) mass is 589 g/mol. The highest BCUT2D eigenvalue weighted by atomic mass is 35.5. The molecule has 2 aromatic heterocycles. The van der Waals surface area contributed by atoms with E-state index in [4.69, 9.17) is 16.3 Å². The van der Waals surface area contributed by atoms with E-state index in [2.05, 4.69) is 20.2 Å². The molecular weight excluding hydrogens is 571 g/mol. The smallest absolute Gasteiger partial charge is 0.416 e. The number of nitrogens with zero attached hydrogens (tertiary/aromatic N) is 3. The van der Waals surface area contributed by atoms with Crippen molar-refractivity contribution in [1.82, 2.24) is 25.1 Å². The van der Waals surface area contributed by atoms with Crippen LogP contribution in [0, 0.1) is 0 Å². The molecule has 0 saturated carbocycles. The van der Waals surface area contributed by atoms with Crippen LogP contribution in [0.4, 0.5) is 18.0 Å². The number of thioether (sulfide) groups is 1.